The molecule has 0 aromatic rings. The zero-order chi connectivity index (χ0) is 18.5. The summed E-state index contributed by atoms with van der Waals surface area (Å²) in [7, 11) is 0. The van der Waals surface area contributed by atoms with E-state index in [1.165, 1.54) is 4.90 Å². The fourth-order valence-corrected chi connectivity index (χ4v) is 5.39. The molecule has 4 fully saturated rings. The van der Waals surface area contributed by atoms with E-state index in [0.29, 0.717) is 31.7 Å². The molecule has 0 aromatic carbocycles. The lowest BCUT2D eigenvalue weighted by Gasteiger charge is -2.58. The topological polar surface area (TPSA) is 87.1 Å². The second-order valence-corrected chi connectivity index (χ2v) is 9.24. The molecule has 1 aliphatic heterocycles. The second kappa shape index (κ2) is 6.15. The minimum absolute atomic E-state index is 0.00131. The predicted octanol–water partition coefficient (Wildman–Crippen LogP) is 3.03. The van der Waals surface area contributed by atoms with Crippen molar-refractivity contribution in [2.75, 3.05) is 13.1 Å². The number of rotatable bonds is 2. The molecule has 6 heteroatoms. The first-order valence-corrected chi connectivity index (χ1v) is 9.51. The molecule has 3 aliphatic carbocycles. The van der Waals surface area contributed by atoms with Gasteiger partial charge in [0, 0.05) is 6.54 Å². The van der Waals surface area contributed by atoms with E-state index in [-0.39, 0.29) is 12.5 Å². The molecule has 1 heterocycles. The third-order valence-electron chi connectivity index (χ3n) is 6.49. The van der Waals surface area contributed by atoms with E-state index in [1.54, 1.807) is 20.8 Å². The molecule has 0 radical (unpaired) electrons. The molecule has 3 saturated carbocycles. The third-order valence-corrected chi connectivity index (χ3v) is 6.49. The van der Waals surface area contributed by atoms with Crippen molar-refractivity contribution in [3.05, 3.63) is 0 Å². The Morgan fingerprint density at radius 1 is 1.16 bits per heavy atom. The molecule has 2 atom stereocenters. The fraction of sp³-hybridized carbons (Fsp3) is 0.895. The number of piperidine rings is 1. The number of carboxylic acids is 1. The number of aliphatic carboxylic acids is 1. The molecule has 2 unspecified atom stereocenters. The summed E-state index contributed by atoms with van der Waals surface area (Å²) in [5, 5.41) is 21.7. The number of β-amino-alcohol motifs (C(OH)–C–C–N with tert-alkyl or cyclic N) is 1. The zero-order valence-corrected chi connectivity index (χ0v) is 15.6. The minimum Gasteiger partial charge on any atom is -0.481 e. The van der Waals surface area contributed by atoms with Crippen LogP contribution in [0.4, 0.5) is 4.79 Å². The molecule has 6 nitrogen and oxygen atoms in total. The number of fused-ring (bicyclic) bond motifs is 3. The normalized spacial score (nSPS) is 38.5. The summed E-state index contributed by atoms with van der Waals surface area (Å²) in [6.45, 7) is 5.97. The fourth-order valence-electron chi connectivity index (χ4n) is 5.39. The van der Waals surface area contributed by atoms with Crippen molar-refractivity contribution < 1.29 is 24.5 Å². The van der Waals surface area contributed by atoms with Gasteiger partial charge in [0.15, 0.2) is 0 Å². The van der Waals surface area contributed by atoms with Crippen LogP contribution < -0.4 is 0 Å². The van der Waals surface area contributed by atoms with Gasteiger partial charge in [0.25, 0.3) is 0 Å². The van der Waals surface area contributed by atoms with E-state index < -0.39 is 28.7 Å². The standard InChI is InChI=1S/C19H31NO5/c1-17(2,3)25-16(23)20-10-4-9-18(24,12-20)19(15(21)22)11-13-5-7-14(19)8-6-13/h13-14,24H,4-12H2,1-3H3,(H,21,22). The highest BCUT2D eigenvalue weighted by atomic mass is 16.6. The van der Waals surface area contributed by atoms with Gasteiger partial charge in [-0.15, -0.1) is 0 Å². The Kier molecular flexibility index (Phi) is 4.55. The first-order valence-electron chi connectivity index (χ1n) is 9.51. The van der Waals surface area contributed by atoms with Gasteiger partial charge in [0.2, 0.25) is 0 Å². The molecule has 25 heavy (non-hydrogen) atoms. The first kappa shape index (κ1) is 18.5. The Labute approximate surface area is 149 Å². The molecule has 142 valence electrons. The minimum atomic E-state index is -1.38. The lowest BCUT2D eigenvalue weighted by molar-refractivity contribution is -0.209. The Balaban J connectivity index is 1.86. The number of ether oxygens (including phenoxy) is 1. The van der Waals surface area contributed by atoms with E-state index in [0.717, 1.165) is 25.7 Å². The van der Waals surface area contributed by atoms with Crippen LogP contribution in [0.25, 0.3) is 0 Å². The van der Waals surface area contributed by atoms with Gasteiger partial charge in [0.05, 0.1) is 12.1 Å². The zero-order valence-electron chi connectivity index (χ0n) is 15.6. The molecule has 1 amide bonds. The molecular formula is C19H31NO5. The van der Waals surface area contributed by atoms with E-state index in [4.69, 9.17) is 4.74 Å². The van der Waals surface area contributed by atoms with Crippen molar-refractivity contribution in [3.8, 4) is 0 Å². The van der Waals surface area contributed by atoms with Gasteiger partial charge in [-0.3, -0.25) is 4.79 Å². The molecule has 0 spiro atoms. The van der Waals surface area contributed by atoms with Crippen molar-refractivity contribution in [2.45, 2.75) is 76.9 Å². The Hall–Kier alpha value is -1.30. The molecule has 2 N–H and O–H groups in total. The van der Waals surface area contributed by atoms with Gasteiger partial charge in [-0.1, -0.05) is 12.8 Å². The van der Waals surface area contributed by atoms with Crippen molar-refractivity contribution in [1.29, 1.82) is 0 Å². The summed E-state index contributed by atoms with van der Waals surface area (Å²) in [6.07, 6.45) is 4.96. The van der Waals surface area contributed by atoms with Crippen LogP contribution in [-0.4, -0.2) is 51.5 Å². The molecule has 1 saturated heterocycles. The predicted molar refractivity (Wildman–Crippen MR) is 92.1 cm³/mol. The number of amides is 1. The van der Waals surface area contributed by atoms with Gasteiger partial charge < -0.3 is 19.8 Å². The van der Waals surface area contributed by atoms with E-state index in [2.05, 4.69) is 0 Å². The van der Waals surface area contributed by atoms with Crippen molar-refractivity contribution >= 4 is 12.1 Å². The van der Waals surface area contributed by atoms with Gasteiger partial charge in [-0.05, 0) is 64.7 Å². The summed E-state index contributed by atoms with van der Waals surface area (Å²) in [6, 6.07) is 0. The number of carbonyl (C=O) groups excluding carboxylic acids is 1. The van der Waals surface area contributed by atoms with Crippen LogP contribution in [0.5, 0.6) is 0 Å². The van der Waals surface area contributed by atoms with E-state index >= 15 is 0 Å². The Morgan fingerprint density at radius 2 is 1.80 bits per heavy atom. The lowest BCUT2D eigenvalue weighted by Crippen LogP contribution is -2.67. The van der Waals surface area contributed by atoms with Crippen LogP contribution in [0.3, 0.4) is 0 Å². The average Bonchev–Trinajstić information content (AvgIpc) is 2.54. The van der Waals surface area contributed by atoms with E-state index in [9.17, 15) is 19.8 Å². The smallest absolute Gasteiger partial charge is 0.410 e. The van der Waals surface area contributed by atoms with Crippen LogP contribution in [0.2, 0.25) is 0 Å². The third kappa shape index (κ3) is 3.14. The summed E-state index contributed by atoms with van der Waals surface area (Å²) >= 11 is 0. The molecular weight excluding hydrogens is 322 g/mol. The maximum Gasteiger partial charge on any atom is 0.410 e. The van der Waals surface area contributed by atoms with Crippen LogP contribution in [0, 0.1) is 17.3 Å². The van der Waals surface area contributed by atoms with Crippen molar-refractivity contribution in [3.63, 3.8) is 0 Å². The number of hydrogen-bond donors (Lipinski definition) is 2. The summed E-state index contributed by atoms with van der Waals surface area (Å²) < 4.78 is 5.44. The average molecular weight is 353 g/mol. The van der Waals surface area contributed by atoms with Crippen LogP contribution in [-0.2, 0) is 9.53 Å². The maximum absolute atomic E-state index is 12.5. The van der Waals surface area contributed by atoms with Crippen LogP contribution in [0.1, 0.15) is 65.7 Å². The number of aliphatic hydroxyl groups is 1. The molecule has 2 bridgehead atoms. The van der Waals surface area contributed by atoms with Crippen molar-refractivity contribution in [1.82, 2.24) is 4.90 Å². The lowest BCUT2D eigenvalue weighted by atomic mass is 9.49. The number of nitrogens with zero attached hydrogens (tertiary/aromatic N) is 1. The summed E-state index contributed by atoms with van der Waals surface area (Å²) in [5.74, 6) is -0.518. The van der Waals surface area contributed by atoms with Gasteiger partial charge in [-0.2, -0.15) is 0 Å². The maximum atomic E-state index is 12.5. The highest BCUT2D eigenvalue weighted by Crippen LogP contribution is 2.59. The highest BCUT2D eigenvalue weighted by molar-refractivity contribution is 5.78. The summed E-state index contributed by atoms with van der Waals surface area (Å²) in [4.78, 5) is 26.3. The highest BCUT2D eigenvalue weighted by Gasteiger charge is 2.64. The van der Waals surface area contributed by atoms with Gasteiger partial charge >= 0.3 is 12.1 Å². The van der Waals surface area contributed by atoms with Gasteiger partial charge in [-0.25, -0.2) is 4.79 Å². The number of carboxylic acid groups (broad SMARTS) is 1. The molecule has 4 aliphatic rings. The first-order chi connectivity index (χ1) is 11.6. The molecule has 4 rings (SSSR count). The van der Waals surface area contributed by atoms with Gasteiger partial charge in [0.1, 0.15) is 11.0 Å². The summed E-state index contributed by atoms with van der Waals surface area (Å²) in [5.41, 5.74) is -3.12. The van der Waals surface area contributed by atoms with Crippen LogP contribution >= 0.6 is 0 Å². The monoisotopic (exact) mass is 353 g/mol. The van der Waals surface area contributed by atoms with Crippen LogP contribution in [0.15, 0.2) is 0 Å². The number of carbonyl (C=O) groups is 2. The van der Waals surface area contributed by atoms with E-state index in [1.807, 2.05) is 0 Å². The Bertz CT molecular complexity index is 549. The SMILES string of the molecule is CC(C)(C)OC(=O)N1CCCC(O)(C2(C(=O)O)CC3CCC2CC3)C1. The quantitative estimate of drug-likeness (QED) is 0.797. The Morgan fingerprint density at radius 3 is 2.28 bits per heavy atom. The van der Waals surface area contributed by atoms with Crippen molar-refractivity contribution in [2.24, 2.45) is 17.3 Å². The number of hydrogen-bond acceptors (Lipinski definition) is 4. The number of likely N-dealkylation sites (tertiary alicyclic amines) is 1. The molecule has 0 aromatic heterocycles. The second-order valence-electron chi connectivity index (χ2n) is 9.24. The largest absolute Gasteiger partial charge is 0.481 e.